The highest BCUT2D eigenvalue weighted by molar-refractivity contribution is 6.00. The zero-order chi connectivity index (χ0) is 16.4. The molecule has 0 aliphatic carbocycles. The van der Waals surface area contributed by atoms with Crippen LogP contribution >= 0.6 is 0 Å². The smallest absolute Gasteiger partial charge is 0.394 e. The zero-order valence-corrected chi connectivity index (χ0v) is 12.5. The van der Waals surface area contributed by atoms with E-state index in [0.717, 1.165) is 25.0 Å². The number of rotatable bonds is 9. The number of oxime groups is 1. The molecule has 0 heterocycles. The van der Waals surface area contributed by atoms with Gasteiger partial charge in [0.05, 0.1) is 11.3 Å². The quantitative estimate of drug-likeness (QED) is 0.432. The average Bonchev–Trinajstić information content (AvgIpc) is 2.49. The second-order valence-corrected chi connectivity index (χ2v) is 4.68. The van der Waals surface area contributed by atoms with Crippen LogP contribution in [0.15, 0.2) is 29.4 Å². The molecule has 0 spiro atoms. The molecular weight excluding hydrogens is 296 g/mol. The minimum atomic E-state index is -4.34. The van der Waals surface area contributed by atoms with Gasteiger partial charge >= 0.3 is 6.18 Å². The fourth-order valence-electron chi connectivity index (χ4n) is 1.81. The van der Waals surface area contributed by atoms with Crippen molar-refractivity contribution < 1.29 is 22.7 Å². The summed E-state index contributed by atoms with van der Waals surface area (Å²) in [5.41, 5.74) is 5.87. The van der Waals surface area contributed by atoms with Crippen LogP contribution in [0.2, 0.25) is 0 Å². The van der Waals surface area contributed by atoms with Gasteiger partial charge in [-0.25, -0.2) is 0 Å². The van der Waals surface area contributed by atoms with Crippen LogP contribution in [0, 0.1) is 0 Å². The van der Waals surface area contributed by atoms with Gasteiger partial charge in [-0.2, -0.15) is 13.2 Å². The van der Waals surface area contributed by atoms with Gasteiger partial charge in [0.25, 0.3) is 0 Å². The first-order valence-corrected chi connectivity index (χ1v) is 7.04. The van der Waals surface area contributed by atoms with E-state index >= 15 is 0 Å². The summed E-state index contributed by atoms with van der Waals surface area (Å²) in [6, 6.07) is 4.90. The van der Waals surface area contributed by atoms with Crippen LogP contribution in [0.3, 0.4) is 0 Å². The standard InChI is InChI=1S/C15H21F3N2O2/c1-21-10-3-2-4-14(20-22-11-9-19)12-5-7-13(8-6-12)15(16,17)18/h5-8H,2-4,9-11,19H2,1H3/b20-14+/i1-1. The van der Waals surface area contributed by atoms with Gasteiger partial charge in [-0.3, -0.25) is 0 Å². The van der Waals surface area contributed by atoms with Crippen LogP contribution in [-0.2, 0) is 15.8 Å². The molecule has 1 rings (SSSR count). The molecule has 2 N–H and O–H groups in total. The summed E-state index contributed by atoms with van der Waals surface area (Å²) in [7, 11) is 1.62. The molecule has 0 aliphatic rings. The number of nitrogens with zero attached hydrogens (tertiary/aromatic N) is 1. The predicted octanol–water partition coefficient (Wildman–Crippen LogP) is 3.20. The molecule has 0 amide bonds. The first-order chi connectivity index (χ1) is 10.5. The lowest BCUT2D eigenvalue weighted by Crippen LogP contribution is -2.09. The van der Waals surface area contributed by atoms with Gasteiger partial charge < -0.3 is 15.3 Å². The van der Waals surface area contributed by atoms with Gasteiger partial charge in [0, 0.05) is 20.3 Å². The molecule has 124 valence electrons. The van der Waals surface area contributed by atoms with Gasteiger partial charge in [0.15, 0.2) is 0 Å². The number of nitrogens with two attached hydrogens (primary N) is 1. The summed E-state index contributed by atoms with van der Waals surface area (Å²) in [5, 5.41) is 3.99. The molecule has 0 aliphatic heterocycles. The largest absolute Gasteiger partial charge is 0.416 e. The number of unbranched alkanes of at least 4 members (excludes halogenated alkanes) is 1. The van der Waals surface area contributed by atoms with Gasteiger partial charge in [-0.1, -0.05) is 17.3 Å². The molecule has 0 fully saturated rings. The van der Waals surface area contributed by atoms with Crippen LogP contribution in [0.5, 0.6) is 0 Å². The molecule has 7 heteroatoms. The number of halogens is 3. The van der Waals surface area contributed by atoms with E-state index in [1.807, 2.05) is 0 Å². The second-order valence-electron chi connectivity index (χ2n) is 4.68. The summed E-state index contributed by atoms with van der Waals surface area (Å²) < 4.78 is 42.7. The number of alkyl halides is 3. The van der Waals surface area contributed by atoms with Gasteiger partial charge in [-0.05, 0) is 37.0 Å². The summed E-state index contributed by atoms with van der Waals surface area (Å²) in [6.45, 7) is 1.22. The molecule has 0 saturated carbocycles. The Morgan fingerprint density at radius 2 is 1.82 bits per heavy atom. The number of methoxy groups -OCH3 is 1. The summed E-state index contributed by atoms with van der Waals surface area (Å²) in [4.78, 5) is 5.06. The lowest BCUT2D eigenvalue weighted by atomic mass is 10.0. The van der Waals surface area contributed by atoms with Crippen molar-refractivity contribution in [2.24, 2.45) is 10.9 Å². The Balaban J connectivity index is 2.78. The maximum absolute atomic E-state index is 12.6. The van der Waals surface area contributed by atoms with Crippen molar-refractivity contribution in [1.29, 1.82) is 0 Å². The van der Waals surface area contributed by atoms with E-state index in [9.17, 15) is 13.2 Å². The van der Waals surface area contributed by atoms with E-state index in [0.29, 0.717) is 30.8 Å². The van der Waals surface area contributed by atoms with E-state index in [2.05, 4.69) is 5.16 Å². The van der Waals surface area contributed by atoms with Crippen LogP contribution in [0.1, 0.15) is 30.4 Å². The Morgan fingerprint density at radius 1 is 1.14 bits per heavy atom. The average molecular weight is 317 g/mol. The third kappa shape index (κ3) is 6.44. The first-order valence-electron chi connectivity index (χ1n) is 7.04. The lowest BCUT2D eigenvalue weighted by molar-refractivity contribution is -0.137. The SMILES string of the molecule is [11CH3]OCCCC/C(=N\OCCN)c1ccc(C(F)(F)F)cc1. The Hall–Kier alpha value is -1.60. The van der Waals surface area contributed by atoms with E-state index in [4.69, 9.17) is 15.3 Å². The Kier molecular flexibility index (Phi) is 7.90. The fraction of sp³-hybridized carbons (Fsp3) is 0.533. The molecule has 0 radical (unpaired) electrons. The highest BCUT2D eigenvalue weighted by Gasteiger charge is 2.30. The third-order valence-corrected chi connectivity index (χ3v) is 2.94. The van der Waals surface area contributed by atoms with E-state index in [1.54, 1.807) is 7.11 Å². The minimum absolute atomic E-state index is 0.266. The lowest BCUT2D eigenvalue weighted by Gasteiger charge is -2.10. The van der Waals surface area contributed by atoms with Crippen molar-refractivity contribution >= 4 is 5.71 Å². The van der Waals surface area contributed by atoms with Crippen molar-refractivity contribution in [2.75, 3.05) is 26.9 Å². The molecule has 0 atom stereocenters. The predicted molar refractivity (Wildman–Crippen MR) is 78.7 cm³/mol. The summed E-state index contributed by atoms with van der Waals surface area (Å²) in [5.74, 6) is 0. The molecule has 22 heavy (non-hydrogen) atoms. The fourth-order valence-corrected chi connectivity index (χ4v) is 1.81. The first kappa shape index (κ1) is 18.4. The molecule has 0 unspecified atom stereocenters. The van der Waals surface area contributed by atoms with Gasteiger partial charge in [0.1, 0.15) is 6.61 Å². The number of hydrogen-bond donors (Lipinski definition) is 1. The van der Waals surface area contributed by atoms with Crippen molar-refractivity contribution in [1.82, 2.24) is 0 Å². The zero-order valence-electron chi connectivity index (χ0n) is 12.5. The Bertz CT molecular complexity index is 459. The molecular formula is C15H21F3N2O2. The van der Waals surface area contributed by atoms with E-state index in [1.165, 1.54) is 12.1 Å². The molecule has 0 saturated heterocycles. The van der Waals surface area contributed by atoms with Crippen LogP contribution in [-0.4, -0.2) is 32.6 Å². The van der Waals surface area contributed by atoms with Gasteiger partial charge in [0.2, 0.25) is 0 Å². The number of hydrogen-bond acceptors (Lipinski definition) is 4. The number of benzene rings is 1. The van der Waals surface area contributed by atoms with Crippen molar-refractivity contribution in [3.05, 3.63) is 35.4 Å². The van der Waals surface area contributed by atoms with Crippen molar-refractivity contribution in [3.63, 3.8) is 0 Å². The van der Waals surface area contributed by atoms with E-state index < -0.39 is 11.7 Å². The molecule has 4 nitrogen and oxygen atoms in total. The third-order valence-electron chi connectivity index (χ3n) is 2.94. The normalized spacial score (nSPS) is 12.5. The Morgan fingerprint density at radius 3 is 2.36 bits per heavy atom. The topological polar surface area (TPSA) is 56.8 Å². The van der Waals surface area contributed by atoms with Crippen LogP contribution in [0.4, 0.5) is 13.2 Å². The molecule has 0 bridgehead atoms. The summed E-state index contributed by atoms with van der Waals surface area (Å²) in [6.07, 6.45) is -2.10. The van der Waals surface area contributed by atoms with Crippen molar-refractivity contribution in [3.8, 4) is 0 Å². The Labute approximate surface area is 128 Å². The van der Waals surface area contributed by atoms with E-state index in [-0.39, 0.29) is 6.61 Å². The van der Waals surface area contributed by atoms with Crippen molar-refractivity contribution in [2.45, 2.75) is 25.4 Å². The highest BCUT2D eigenvalue weighted by Crippen LogP contribution is 2.29. The second kappa shape index (κ2) is 9.42. The van der Waals surface area contributed by atoms with Crippen LogP contribution in [0.25, 0.3) is 0 Å². The minimum Gasteiger partial charge on any atom is -0.394 e. The maximum atomic E-state index is 12.6. The van der Waals surface area contributed by atoms with Gasteiger partial charge in [-0.15, -0.1) is 0 Å². The molecule has 1 aromatic carbocycles. The number of ether oxygens (including phenoxy) is 1. The molecule has 0 aromatic heterocycles. The van der Waals surface area contributed by atoms with Crippen LogP contribution < -0.4 is 5.73 Å². The monoisotopic (exact) mass is 317 g/mol. The molecule has 1 aromatic rings. The maximum Gasteiger partial charge on any atom is 0.416 e. The highest BCUT2D eigenvalue weighted by atomic mass is 19.4. The summed E-state index contributed by atoms with van der Waals surface area (Å²) >= 11 is 0.